The zero-order valence-corrected chi connectivity index (χ0v) is 19.9. The SMILES string of the molecule is Cc1ccc(Cl)cc1N1CCC(CNC(=O)CCc2c(C)nc3c(C(N)=O)cnn3c2C)C1. The number of aryl methyl sites for hydroxylation is 3. The first-order chi connectivity index (χ1) is 15.7. The van der Waals surface area contributed by atoms with Crippen molar-refractivity contribution in [3.8, 4) is 0 Å². The maximum Gasteiger partial charge on any atom is 0.254 e. The highest BCUT2D eigenvalue weighted by molar-refractivity contribution is 6.30. The topological polar surface area (TPSA) is 106 Å². The fraction of sp³-hybridized carbons (Fsp3) is 0.417. The van der Waals surface area contributed by atoms with Gasteiger partial charge >= 0.3 is 0 Å². The van der Waals surface area contributed by atoms with Crippen LogP contribution in [-0.2, 0) is 11.2 Å². The van der Waals surface area contributed by atoms with Crippen LogP contribution in [0.15, 0.2) is 24.4 Å². The highest BCUT2D eigenvalue weighted by atomic mass is 35.5. The molecule has 0 saturated carbocycles. The van der Waals surface area contributed by atoms with Gasteiger partial charge in [-0.25, -0.2) is 9.50 Å². The molecule has 0 radical (unpaired) electrons. The van der Waals surface area contributed by atoms with Gasteiger partial charge in [0.1, 0.15) is 5.56 Å². The first-order valence-electron chi connectivity index (χ1n) is 11.2. The van der Waals surface area contributed by atoms with Crippen molar-refractivity contribution in [2.45, 2.75) is 40.0 Å². The number of nitrogens with zero attached hydrogens (tertiary/aromatic N) is 4. The average Bonchev–Trinajstić information content (AvgIpc) is 3.41. The van der Waals surface area contributed by atoms with Crippen LogP contribution in [0.3, 0.4) is 0 Å². The quantitative estimate of drug-likeness (QED) is 0.554. The van der Waals surface area contributed by atoms with E-state index in [2.05, 4.69) is 27.2 Å². The molecule has 1 unspecified atom stereocenters. The summed E-state index contributed by atoms with van der Waals surface area (Å²) in [5, 5.41) is 8.07. The number of rotatable bonds is 7. The molecular weight excluding hydrogens is 440 g/mol. The van der Waals surface area contributed by atoms with Crippen molar-refractivity contribution in [1.29, 1.82) is 0 Å². The lowest BCUT2D eigenvalue weighted by Gasteiger charge is -2.21. The van der Waals surface area contributed by atoms with Gasteiger partial charge in [-0.2, -0.15) is 5.10 Å². The molecule has 4 rings (SSSR count). The van der Waals surface area contributed by atoms with Crippen molar-refractivity contribution in [1.82, 2.24) is 19.9 Å². The van der Waals surface area contributed by atoms with E-state index in [9.17, 15) is 9.59 Å². The fourth-order valence-electron chi connectivity index (χ4n) is 4.57. The highest BCUT2D eigenvalue weighted by Crippen LogP contribution is 2.29. The van der Waals surface area contributed by atoms with E-state index in [4.69, 9.17) is 17.3 Å². The first-order valence-corrected chi connectivity index (χ1v) is 11.5. The Balaban J connectivity index is 1.33. The zero-order valence-electron chi connectivity index (χ0n) is 19.2. The normalized spacial score (nSPS) is 15.9. The molecule has 1 aromatic carbocycles. The molecule has 1 saturated heterocycles. The number of primary amides is 1. The summed E-state index contributed by atoms with van der Waals surface area (Å²) in [5.41, 5.74) is 11.1. The van der Waals surface area contributed by atoms with Gasteiger partial charge in [0.2, 0.25) is 5.91 Å². The Hall–Kier alpha value is -3.13. The van der Waals surface area contributed by atoms with Crippen LogP contribution >= 0.6 is 11.6 Å². The van der Waals surface area contributed by atoms with Gasteiger partial charge in [0.25, 0.3) is 5.91 Å². The molecule has 3 aromatic rings. The summed E-state index contributed by atoms with van der Waals surface area (Å²) in [5.74, 6) is -0.130. The molecule has 3 N–H and O–H groups in total. The summed E-state index contributed by atoms with van der Waals surface area (Å²) >= 11 is 6.17. The number of hydrogen-bond acceptors (Lipinski definition) is 5. The van der Waals surface area contributed by atoms with E-state index in [1.54, 1.807) is 4.52 Å². The van der Waals surface area contributed by atoms with Gasteiger partial charge in [-0.3, -0.25) is 9.59 Å². The number of carbonyl (C=O) groups excluding carboxylic acids is 2. The number of aromatic nitrogens is 3. The van der Waals surface area contributed by atoms with Gasteiger partial charge in [-0.15, -0.1) is 0 Å². The van der Waals surface area contributed by atoms with Crippen molar-refractivity contribution >= 4 is 34.7 Å². The molecule has 0 bridgehead atoms. The number of halogens is 1. The summed E-state index contributed by atoms with van der Waals surface area (Å²) in [6.45, 7) is 8.41. The fourth-order valence-corrected chi connectivity index (χ4v) is 4.74. The number of fused-ring (bicyclic) bond motifs is 1. The molecule has 174 valence electrons. The summed E-state index contributed by atoms with van der Waals surface area (Å²) in [6, 6.07) is 5.97. The Morgan fingerprint density at radius 2 is 2.06 bits per heavy atom. The molecule has 0 aliphatic carbocycles. The Labute approximate surface area is 198 Å². The second-order valence-corrected chi connectivity index (χ2v) is 9.19. The van der Waals surface area contributed by atoms with E-state index in [1.165, 1.54) is 17.4 Å². The molecule has 33 heavy (non-hydrogen) atoms. The Kier molecular flexibility index (Phi) is 6.56. The molecule has 1 fully saturated rings. The Morgan fingerprint density at radius 1 is 1.27 bits per heavy atom. The van der Waals surface area contributed by atoms with Crippen molar-refractivity contribution < 1.29 is 9.59 Å². The summed E-state index contributed by atoms with van der Waals surface area (Å²) in [7, 11) is 0. The van der Waals surface area contributed by atoms with E-state index < -0.39 is 5.91 Å². The second kappa shape index (κ2) is 9.39. The largest absolute Gasteiger partial charge is 0.371 e. The second-order valence-electron chi connectivity index (χ2n) is 8.75. The van der Waals surface area contributed by atoms with Crippen LogP contribution in [0.2, 0.25) is 5.02 Å². The minimum absolute atomic E-state index is 0.0181. The van der Waals surface area contributed by atoms with E-state index in [0.717, 1.165) is 41.5 Å². The van der Waals surface area contributed by atoms with Gasteiger partial charge in [0.05, 0.1) is 6.20 Å². The smallest absolute Gasteiger partial charge is 0.254 e. The van der Waals surface area contributed by atoms with Gasteiger partial charge in [0, 0.05) is 48.2 Å². The summed E-state index contributed by atoms with van der Waals surface area (Å²) in [6.07, 6.45) is 3.38. The van der Waals surface area contributed by atoms with Crippen molar-refractivity contribution in [3.05, 3.63) is 57.5 Å². The van der Waals surface area contributed by atoms with E-state index in [-0.39, 0.29) is 5.91 Å². The number of carbonyl (C=O) groups is 2. The minimum atomic E-state index is -0.556. The number of nitrogens with two attached hydrogens (primary N) is 1. The van der Waals surface area contributed by atoms with E-state index in [1.807, 2.05) is 32.0 Å². The lowest BCUT2D eigenvalue weighted by Crippen LogP contribution is -2.31. The number of benzene rings is 1. The zero-order chi connectivity index (χ0) is 23.7. The van der Waals surface area contributed by atoms with Crippen molar-refractivity contribution in [2.24, 2.45) is 11.7 Å². The number of anilines is 1. The molecule has 0 spiro atoms. The third kappa shape index (κ3) is 4.80. The summed E-state index contributed by atoms with van der Waals surface area (Å²) in [4.78, 5) is 31.0. The molecule has 1 aliphatic heterocycles. The van der Waals surface area contributed by atoms with Crippen LogP contribution in [0.4, 0.5) is 5.69 Å². The van der Waals surface area contributed by atoms with Crippen LogP contribution in [0.1, 0.15) is 45.7 Å². The molecular formula is C24H29ClN6O2. The van der Waals surface area contributed by atoms with Crippen LogP contribution in [-0.4, -0.2) is 46.0 Å². The minimum Gasteiger partial charge on any atom is -0.371 e. The predicted octanol–water partition coefficient (Wildman–Crippen LogP) is 2.98. The summed E-state index contributed by atoms with van der Waals surface area (Å²) < 4.78 is 1.62. The lowest BCUT2D eigenvalue weighted by atomic mass is 10.1. The van der Waals surface area contributed by atoms with Crippen LogP contribution in [0, 0.1) is 26.7 Å². The number of hydrogen-bond donors (Lipinski definition) is 2. The van der Waals surface area contributed by atoms with Gasteiger partial charge < -0.3 is 16.0 Å². The van der Waals surface area contributed by atoms with Gasteiger partial charge in [-0.05, 0) is 62.8 Å². The average molecular weight is 469 g/mol. The molecule has 2 amide bonds. The van der Waals surface area contributed by atoms with Gasteiger partial charge in [-0.1, -0.05) is 17.7 Å². The molecule has 1 aliphatic rings. The van der Waals surface area contributed by atoms with Crippen molar-refractivity contribution in [3.63, 3.8) is 0 Å². The molecule has 1 atom stereocenters. The van der Waals surface area contributed by atoms with E-state index >= 15 is 0 Å². The maximum absolute atomic E-state index is 12.6. The third-order valence-corrected chi connectivity index (χ3v) is 6.70. The Morgan fingerprint density at radius 3 is 2.82 bits per heavy atom. The third-order valence-electron chi connectivity index (χ3n) is 6.46. The molecule has 8 nitrogen and oxygen atoms in total. The standard InChI is InChI=1S/C24H29ClN6O2/c1-14-4-5-18(25)10-21(14)30-9-8-17(13-30)11-27-22(32)7-6-19-15(2)29-24-20(23(26)33)12-28-31(24)16(19)3/h4-5,10,12,17H,6-9,11,13H2,1-3H3,(H2,26,33)(H,27,32). The van der Waals surface area contributed by atoms with Gasteiger partial charge in [0.15, 0.2) is 5.65 Å². The molecule has 3 heterocycles. The number of amides is 2. The number of nitrogens with one attached hydrogen (secondary N) is 1. The maximum atomic E-state index is 12.6. The highest BCUT2D eigenvalue weighted by Gasteiger charge is 2.24. The monoisotopic (exact) mass is 468 g/mol. The Bertz CT molecular complexity index is 1220. The van der Waals surface area contributed by atoms with Crippen LogP contribution in [0.25, 0.3) is 5.65 Å². The lowest BCUT2D eigenvalue weighted by molar-refractivity contribution is -0.121. The first kappa shape index (κ1) is 23.0. The molecule has 2 aromatic heterocycles. The predicted molar refractivity (Wildman–Crippen MR) is 129 cm³/mol. The van der Waals surface area contributed by atoms with E-state index in [0.29, 0.717) is 36.5 Å². The van der Waals surface area contributed by atoms with Crippen LogP contribution in [0.5, 0.6) is 0 Å². The van der Waals surface area contributed by atoms with Crippen molar-refractivity contribution in [2.75, 3.05) is 24.5 Å². The van der Waals surface area contributed by atoms with Crippen LogP contribution < -0.4 is 16.0 Å². The molecule has 9 heteroatoms.